The Kier molecular flexibility index (Phi) is 8.45. The molecule has 2 aromatic rings. The van der Waals surface area contributed by atoms with E-state index in [1.54, 1.807) is 30.3 Å². The van der Waals surface area contributed by atoms with Gasteiger partial charge in [0.2, 0.25) is 5.91 Å². The maximum absolute atomic E-state index is 12.9. The van der Waals surface area contributed by atoms with Crippen LogP contribution in [0.3, 0.4) is 0 Å². The molecule has 0 spiro atoms. The number of hydrogen-bond donors (Lipinski definition) is 1. The third-order valence-electron chi connectivity index (χ3n) is 4.81. The fraction of sp³-hybridized carbons (Fsp3) is 0.318. The molecule has 1 aliphatic rings. The van der Waals surface area contributed by atoms with Crippen molar-refractivity contribution < 1.29 is 31.9 Å². The van der Waals surface area contributed by atoms with Gasteiger partial charge in [-0.1, -0.05) is 18.2 Å². The van der Waals surface area contributed by atoms with Crippen LogP contribution in [0, 0.1) is 5.82 Å². The minimum Gasteiger partial charge on any atom is -0.455 e. The molecule has 1 N–H and O–H groups in total. The van der Waals surface area contributed by atoms with Gasteiger partial charge in [0.25, 0.3) is 5.91 Å². The van der Waals surface area contributed by atoms with Crippen molar-refractivity contribution in [3.63, 3.8) is 0 Å². The molecular weight excluding hydrogens is 471 g/mol. The summed E-state index contributed by atoms with van der Waals surface area (Å²) in [6.45, 7) is -0.535. The van der Waals surface area contributed by atoms with Crippen LogP contribution in [0.25, 0.3) is 0 Å². The van der Waals surface area contributed by atoms with Gasteiger partial charge in [-0.2, -0.15) is 0 Å². The molecule has 0 saturated carbocycles. The second-order valence-electron chi connectivity index (χ2n) is 7.36. The van der Waals surface area contributed by atoms with E-state index in [0.717, 1.165) is 11.8 Å². The van der Waals surface area contributed by atoms with Gasteiger partial charge in [0, 0.05) is 11.4 Å². The Labute approximate surface area is 195 Å². The molecule has 1 heterocycles. The molecule has 1 saturated heterocycles. The first-order valence-electron chi connectivity index (χ1n) is 10.1. The maximum Gasteiger partial charge on any atom is 0.316 e. The molecule has 33 heavy (non-hydrogen) atoms. The van der Waals surface area contributed by atoms with Crippen molar-refractivity contribution in [2.24, 2.45) is 0 Å². The highest BCUT2D eigenvalue weighted by Crippen LogP contribution is 2.24. The Morgan fingerprint density at radius 1 is 1.06 bits per heavy atom. The number of amides is 2. The maximum atomic E-state index is 12.9. The van der Waals surface area contributed by atoms with Crippen LogP contribution < -0.4 is 10.2 Å². The predicted molar refractivity (Wildman–Crippen MR) is 124 cm³/mol. The smallest absolute Gasteiger partial charge is 0.316 e. The summed E-state index contributed by atoms with van der Waals surface area (Å²) >= 11 is 1.01. The minimum atomic E-state index is -3.22. The van der Waals surface area contributed by atoms with Gasteiger partial charge in [0.15, 0.2) is 16.4 Å². The lowest BCUT2D eigenvalue weighted by molar-refractivity contribution is -0.145. The molecule has 0 bridgehead atoms. The summed E-state index contributed by atoms with van der Waals surface area (Å²) in [5.74, 6) is -2.28. The highest BCUT2D eigenvalue weighted by atomic mass is 32.2. The monoisotopic (exact) mass is 494 g/mol. The second-order valence-corrected chi connectivity index (χ2v) is 10.6. The lowest BCUT2D eigenvalue weighted by Crippen LogP contribution is -2.43. The molecule has 0 radical (unpaired) electrons. The molecule has 1 aliphatic heterocycles. The van der Waals surface area contributed by atoms with Crippen LogP contribution in [0.4, 0.5) is 15.8 Å². The van der Waals surface area contributed by atoms with E-state index in [0.29, 0.717) is 17.8 Å². The topological polar surface area (TPSA) is 110 Å². The van der Waals surface area contributed by atoms with Gasteiger partial charge in [-0.3, -0.25) is 14.4 Å². The third kappa shape index (κ3) is 7.57. The number of sulfone groups is 1. The number of esters is 1. The molecule has 3 rings (SSSR count). The number of rotatable bonds is 9. The number of para-hydroxylation sites is 1. The first kappa shape index (κ1) is 24.7. The number of anilines is 2. The van der Waals surface area contributed by atoms with Crippen LogP contribution in [-0.4, -0.2) is 61.9 Å². The zero-order valence-electron chi connectivity index (χ0n) is 17.6. The number of halogens is 1. The molecule has 0 aliphatic carbocycles. The average molecular weight is 495 g/mol. The van der Waals surface area contributed by atoms with Crippen molar-refractivity contribution in [2.75, 3.05) is 39.8 Å². The highest BCUT2D eigenvalue weighted by molar-refractivity contribution is 8.00. The van der Waals surface area contributed by atoms with Crippen molar-refractivity contribution in [1.29, 1.82) is 0 Å². The van der Waals surface area contributed by atoms with Gasteiger partial charge < -0.3 is 15.0 Å². The Morgan fingerprint density at radius 2 is 1.76 bits per heavy atom. The van der Waals surface area contributed by atoms with Crippen molar-refractivity contribution in [1.82, 2.24) is 0 Å². The lowest BCUT2D eigenvalue weighted by Gasteiger charge is -2.28. The molecule has 176 valence electrons. The third-order valence-corrected chi connectivity index (χ3v) is 7.47. The van der Waals surface area contributed by atoms with E-state index >= 15 is 0 Å². The number of carbonyl (C=O) groups excluding carboxylic acids is 3. The largest absolute Gasteiger partial charge is 0.455 e. The number of nitrogens with zero attached hydrogens (tertiary/aromatic N) is 1. The van der Waals surface area contributed by atoms with Crippen molar-refractivity contribution in [2.45, 2.75) is 12.5 Å². The molecule has 0 unspecified atom stereocenters. The number of carbonyl (C=O) groups is 3. The summed E-state index contributed by atoms with van der Waals surface area (Å²) in [5, 5.41) is 2.58. The summed E-state index contributed by atoms with van der Waals surface area (Å²) in [6.07, 6.45) is 0.315. The van der Waals surface area contributed by atoms with E-state index in [4.69, 9.17) is 4.74 Å². The quantitative estimate of drug-likeness (QED) is 0.533. The van der Waals surface area contributed by atoms with E-state index in [1.807, 2.05) is 0 Å². The van der Waals surface area contributed by atoms with Gasteiger partial charge >= 0.3 is 5.97 Å². The lowest BCUT2D eigenvalue weighted by atomic mass is 10.2. The average Bonchev–Trinajstić information content (AvgIpc) is 3.14. The van der Waals surface area contributed by atoms with E-state index in [2.05, 4.69) is 5.32 Å². The number of nitrogens with one attached hydrogen (secondary N) is 1. The molecule has 8 nitrogen and oxygen atoms in total. The molecule has 2 amide bonds. The molecule has 11 heteroatoms. The summed E-state index contributed by atoms with van der Waals surface area (Å²) < 4.78 is 41.7. The van der Waals surface area contributed by atoms with E-state index in [1.165, 1.54) is 29.2 Å². The standard InChI is InChI=1S/C22H23FN2O6S2/c23-16-6-8-17(9-7-16)24-20(26)13-32-14-22(28)31-12-21(27)25(18-4-2-1-3-5-18)19-10-11-33(29,30)15-19/h1-9,19H,10-15H2,(H,24,26)/t19-/m0/s1. The fourth-order valence-corrected chi connectivity index (χ4v) is 5.65. The van der Waals surface area contributed by atoms with Crippen LogP contribution in [-0.2, 0) is 29.0 Å². The van der Waals surface area contributed by atoms with Gasteiger partial charge in [-0.05, 0) is 42.8 Å². The van der Waals surface area contributed by atoms with E-state index in [-0.39, 0.29) is 28.9 Å². The van der Waals surface area contributed by atoms with E-state index in [9.17, 15) is 27.2 Å². The second kappa shape index (κ2) is 11.3. The van der Waals surface area contributed by atoms with Crippen LogP contribution in [0.5, 0.6) is 0 Å². The Hall–Kier alpha value is -2.92. The first-order valence-corrected chi connectivity index (χ1v) is 13.1. The normalized spacial score (nSPS) is 16.7. The van der Waals surface area contributed by atoms with Crippen molar-refractivity contribution >= 4 is 50.8 Å². The Bertz CT molecular complexity index is 1090. The first-order chi connectivity index (χ1) is 15.7. The molecule has 1 atom stereocenters. The summed E-state index contributed by atoms with van der Waals surface area (Å²) in [5.41, 5.74) is 0.970. The van der Waals surface area contributed by atoms with E-state index < -0.39 is 40.2 Å². The van der Waals surface area contributed by atoms with Crippen LogP contribution in [0.15, 0.2) is 54.6 Å². The van der Waals surface area contributed by atoms with Crippen molar-refractivity contribution in [3.8, 4) is 0 Å². The number of ether oxygens (including phenoxy) is 1. The fourth-order valence-electron chi connectivity index (χ4n) is 3.34. The van der Waals surface area contributed by atoms with Gasteiger partial charge in [-0.15, -0.1) is 11.8 Å². The highest BCUT2D eigenvalue weighted by Gasteiger charge is 2.35. The molecule has 2 aromatic carbocycles. The molecular formula is C22H23FN2O6S2. The van der Waals surface area contributed by atoms with Crippen LogP contribution in [0.1, 0.15) is 6.42 Å². The minimum absolute atomic E-state index is 0.00466. The Balaban J connectivity index is 1.47. The van der Waals surface area contributed by atoms with Crippen molar-refractivity contribution in [3.05, 3.63) is 60.4 Å². The number of hydrogen-bond acceptors (Lipinski definition) is 7. The predicted octanol–water partition coefficient (Wildman–Crippen LogP) is 2.26. The zero-order chi connectivity index (χ0) is 23.8. The van der Waals surface area contributed by atoms with Gasteiger partial charge in [-0.25, -0.2) is 12.8 Å². The summed E-state index contributed by atoms with van der Waals surface area (Å²) in [7, 11) is -3.22. The SMILES string of the molecule is O=C(CSCC(=O)OCC(=O)N(c1ccccc1)[C@H]1CCS(=O)(=O)C1)Nc1ccc(F)cc1. The number of thioether (sulfide) groups is 1. The van der Waals surface area contributed by atoms with Gasteiger partial charge in [0.1, 0.15) is 5.82 Å². The molecule has 0 aromatic heterocycles. The Morgan fingerprint density at radius 3 is 2.39 bits per heavy atom. The van der Waals surface area contributed by atoms with Gasteiger partial charge in [0.05, 0.1) is 29.1 Å². The number of benzene rings is 2. The summed E-state index contributed by atoms with van der Waals surface area (Å²) in [4.78, 5) is 38.1. The van der Waals surface area contributed by atoms with Crippen LogP contribution >= 0.6 is 11.8 Å². The zero-order valence-corrected chi connectivity index (χ0v) is 19.2. The molecule has 1 fully saturated rings. The summed E-state index contributed by atoms with van der Waals surface area (Å²) in [6, 6.07) is 13.4. The van der Waals surface area contributed by atoms with Crippen LogP contribution in [0.2, 0.25) is 0 Å².